The molecule has 0 fully saturated rings. The minimum atomic E-state index is -3.48. The molecule has 0 spiro atoms. The van der Waals surface area contributed by atoms with Crippen LogP contribution in [0.2, 0.25) is 0 Å². The lowest BCUT2D eigenvalue weighted by Crippen LogP contribution is -2.31. The fraction of sp³-hybridized carbons (Fsp3) is 0.385. The smallest absolute Gasteiger partial charge is 0.244 e. The lowest BCUT2D eigenvalue weighted by molar-refractivity contribution is 0.474. The van der Waals surface area contributed by atoms with E-state index in [9.17, 15) is 8.42 Å². The lowest BCUT2D eigenvalue weighted by atomic mass is 10.4. The quantitative estimate of drug-likeness (QED) is 0.748. The van der Waals surface area contributed by atoms with Crippen LogP contribution in [0.1, 0.15) is 9.75 Å². The SMILES string of the molecule is C=CCN(CC=C)S(=O)(=O)c1cc(CNC)sc1C. The third-order valence-corrected chi connectivity index (χ3v) is 5.70. The number of nitrogens with zero attached hydrogens (tertiary/aromatic N) is 1. The summed E-state index contributed by atoms with van der Waals surface area (Å²) in [4.78, 5) is 2.20. The first-order chi connectivity index (χ1) is 8.97. The average Bonchev–Trinajstić information content (AvgIpc) is 2.71. The molecule has 0 saturated heterocycles. The largest absolute Gasteiger partial charge is 0.315 e. The Kier molecular flexibility index (Phi) is 5.93. The van der Waals surface area contributed by atoms with Gasteiger partial charge >= 0.3 is 0 Å². The molecule has 0 atom stereocenters. The van der Waals surface area contributed by atoms with Gasteiger partial charge in [-0.05, 0) is 20.0 Å². The van der Waals surface area contributed by atoms with E-state index in [2.05, 4.69) is 18.5 Å². The van der Waals surface area contributed by atoms with Crippen molar-refractivity contribution >= 4 is 21.4 Å². The fourth-order valence-electron chi connectivity index (χ4n) is 1.74. The van der Waals surface area contributed by atoms with Crippen molar-refractivity contribution in [3.63, 3.8) is 0 Å². The van der Waals surface area contributed by atoms with Gasteiger partial charge in [0.1, 0.15) is 0 Å². The van der Waals surface area contributed by atoms with Gasteiger partial charge in [0.25, 0.3) is 0 Å². The van der Waals surface area contributed by atoms with Crippen LogP contribution in [0.3, 0.4) is 0 Å². The van der Waals surface area contributed by atoms with Crippen molar-refractivity contribution in [3.8, 4) is 0 Å². The summed E-state index contributed by atoms with van der Waals surface area (Å²) in [5.74, 6) is 0. The summed E-state index contributed by atoms with van der Waals surface area (Å²) >= 11 is 1.50. The number of hydrogen-bond donors (Lipinski definition) is 1. The molecule has 1 N–H and O–H groups in total. The molecule has 0 aliphatic heterocycles. The molecule has 1 aromatic rings. The Hall–Kier alpha value is -0.950. The van der Waals surface area contributed by atoms with Crippen LogP contribution in [0.15, 0.2) is 36.3 Å². The van der Waals surface area contributed by atoms with Crippen molar-refractivity contribution in [3.05, 3.63) is 41.1 Å². The molecule has 0 aromatic carbocycles. The Morgan fingerprint density at radius 1 is 1.37 bits per heavy atom. The van der Waals surface area contributed by atoms with Crippen molar-refractivity contribution in [2.45, 2.75) is 18.4 Å². The Labute approximate surface area is 119 Å². The Morgan fingerprint density at radius 3 is 2.42 bits per heavy atom. The van der Waals surface area contributed by atoms with Gasteiger partial charge in [-0.1, -0.05) is 12.2 Å². The monoisotopic (exact) mass is 300 g/mol. The van der Waals surface area contributed by atoms with Gasteiger partial charge in [0.2, 0.25) is 10.0 Å². The number of thiophene rings is 1. The number of aryl methyl sites for hydroxylation is 1. The molecule has 0 radical (unpaired) electrons. The zero-order chi connectivity index (χ0) is 14.5. The second-order valence-corrected chi connectivity index (χ2v) is 7.31. The summed E-state index contributed by atoms with van der Waals surface area (Å²) in [5, 5.41) is 3.03. The van der Waals surface area contributed by atoms with Crippen LogP contribution in [0.5, 0.6) is 0 Å². The van der Waals surface area contributed by atoms with Crippen molar-refractivity contribution in [2.75, 3.05) is 20.1 Å². The molecule has 1 rings (SSSR count). The third kappa shape index (κ3) is 3.76. The molecule has 0 saturated carbocycles. The maximum absolute atomic E-state index is 12.6. The highest BCUT2D eigenvalue weighted by Gasteiger charge is 2.26. The van der Waals surface area contributed by atoms with Crippen LogP contribution < -0.4 is 5.32 Å². The van der Waals surface area contributed by atoms with Gasteiger partial charge in [0, 0.05) is 29.4 Å². The zero-order valence-corrected chi connectivity index (χ0v) is 13.0. The van der Waals surface area contributed by atoms with Gasteiger partial charge in [-0.2, -0.15) is 4.31 Å². The highest BCUT2D eigenvalue weighted by atomic mass is 32.2. The van der Waals surface area contributed by atoms with E-state index < -0.39 is 10.0 Å². The Bertz CT molecular complexity index is 537. The summed E-state index contributed by atoms with van der Waals surface area (Å²) in [6.45, 7) is 10.3. The van der Waals surface area contributed by atoms with Crippen LogP contribution in [0.25, 0.3) is 0 Å². The molecule has 0 unspecified atom stereocenters. The van der Waals surface area contributed by atoms with Gasteiger partial charge in [-0.3, -0.25) is 0 Å². The first-order valence-electron chi connectivity index (χ1n) is 5.93. The van der Waals surface area contributed by atoms with Crippen molar-refractivity contribution in [1.82, 2.24) is 9.62 Å². The number of hydrogen-bond acceptors (Lipinski definition) is 4. The highest BCUT2D eigenvalue weighted by molar-refractivity contribution is 7.89. The number of rotatable bonds is 8. The summed E-state index contributed by atoms with van der Waals surface area (Å²) < 4.78 is 26.5. The molecule has 0 bridgehead atoms. The van der Waals surface area contributed by atoms with Gasteiger partial charge < -0.3 is 5.32 Å². The molecule has 1 heterocycles. The van der Waals surface area contributed by atoms with E-state index >= 15 is 0 Å². The Balaban J connectivity index is 3.16. The predicted octanol–water partition coefficient (Wildman–Crippen LogP) is 2.14. The van der Waals surface area contributed by atoms with E-state index in [1.54, 1.807) is 18.2 Å². The van der Waals surface area contributed by atoms with Gasteiger partial charge in [0.15, 0.2) is 0 Å². The van der Waals surface area contributed by atoms with Crippen molar-refractivity contribution in [2.24, 2.45) is 0 Å². The second kappa shape index (κ2) is 7.00. The molecule has 1 aromatic heterocycles. The molecule has 0 aliphatic carbocycles. The predicted molar refractivity (Wildman–Crippen MR) is 81.0 cm³/mol. The molecular weight excluding hydrogens is 280 g/mol. The highest BCUT2D eigenvalue weighted by Crippen LogP contribution is 2.28. The number of sulfonamides is 1. The van der Waals surface area contributed by atoms with Crippen LogP contribution in [0.4, 0.5) is 0 Å². The van der Waals surface area contributed by atoms with Gasteiger partial charge in [-0.15, -0.1) is 24.5 Å². The first-order valence-corrected chi connectivity index (χ1v) is 8.18. The summed E-state index contributed by atoms with van der Waals surface area (Å²) in [6, 6.07) is 1.74. The lowest BCUT2D eigenvalue weighted by Gasteiger charge is -2.18. The standard InChI is InChI=1S/C13H20N2O2S2/c1-5-7-15(8-6-2)19(16,17)13-9-12(10-14-4)18-11(13)3/h5-6,9,14H,1-2,7-8,10H2,3-4H3. The zero-order valence-electron chi connectivity index (χ0n) is 11.3. The fourth-order valence-corrected chi connectivity index (χ4v) is 4.74. The molecular formula is C13H20N2O2S2. The minimum Gasteiger partial charge on any atom is -0.315 e. The molecule has 19 heavy (non-hydrogen) atoms. The van der Waals surface area contributed by atoms with E-state index in [4.69, 9.17) is 0 Å². The average molecular weight is 300 g/mol. The molecule has 4 nitrogen and oxygen atoms in total. The number of nitrogens with one attached hydrogen (secondary N) is 1. The molecule has 0 aliphatic rings. The van der Waals surface area contributed by atoms with E-state index in [1.165, 1.54) is 15.6 Å². The molecule has 106 valence electrons. The maximum atomic E-state index is 12.6. The van der Waals surface area contributed by atoms with E-state index in [0.29, 0.717) is 11.4 Å². The van der Waals surface area contributed by atoms with Crippen molar-refractivity contribution < 1.29 is 8.42 Å². The van der Waals surface area contributed by atoms with E-state index in [-0.39, 0.29) is 13.1 Å². The van der Waals surface area contributed by atoms with Crippen LogP contribution in [-0.2, 0) is 16.6 Å². The topological polar surface area (TPSA) is 49.4 Å². The summed E-state index contributed by atoms with van der Waals surface area (Å²) in [7, 11) is -1.64. The first kappa shape index (κ1) is 16.1. The van der Waals surface area contributed by atoms with Crippen LogP contribution in [-0.4, -0.2) is 32.9 Å². The molecule has 6 heteroatoms. The minimum absolute atomic E-state index is 0.283. The van der Waals surface area contributed by atoms with Gasteiger partial charge in [-0.25, -0.2) is 8.42 Å². The van der Waals surface area contributed by atoms with Crippen LogP contribution >= 0.6 is 11.3 Å². The van der Waals surface area contributed by atoms with E-state index in [1.807, 2.05) is 14.0 Å². The van der Waals surface area contributed by atoms with Crippen LogP contribution in [0, 0.1) is 6.92 Å². The van der Waals surface area contributed by atoms with E-state index in [0.717, 1.165) is 9.75 Å². The summed E-state index contributed by atoms with van der Waals surface area (Å²) in [6.07, 6.45) is 3.16. The Morgan fingerprint density at radius 2 is 1.95 bits per heavy atom. The van der Waals surface area contributed by atoms with Crippen molar-refractivity contribution in [1.29, 1.82) is 0 Å². The molecule has 0 amide bonds. The van der Waals surface area contributed by atoms with Gasteiger partial charge in [0.05, 0.1) is 4.90 Å². The maximum Gasteiger partial charge on any atom is 0.244 e. The second-order valence-electron chi connectivity index (χ2n) is 4.06. The normalized spacial score (nSPS) is 11.7. The summed E-state index contributed by atoms with van der Waals surface area (Å²) in [5.41, 5.74) is 0. The third-order valence-electron chi connectivity index (χ3n) is 2.56.